The Kier molecular flexibility index (Phi) is 10.5. The van der Waals surface area contributed by atoms with Gasteiger partial charge in [0.05, 0.1) is 0 Å². The zero-order chi connectivity index (χ0) is 16.2. The molecule has 2 heterocycles. The van der Waals surface area contributed by atoms with Gasteiger partial charge in [-0.2, -0.15) is 0 Å². The average Bonchev–Trinajstić information content (AvgIpc) is 2.50. The lowest BCUT2D eigenvalue weighted by molar-refractivity contribution is -0.115. The molecule has 1 amide bonds. The summed E-state index contributed by atoms with van der Waals surface area (Å²) in [5, 5.41) is 0. The summed E-state index contributed by atoms with van der Waals surface area (Å²) >= 11 is 0. The van der Waals surface area contributed by atoms with Crippen molar-refractivity contribution in [2.24, 2.45) is 17.4 Å². The molecule has 0 saturated carbocycles. The normalized spacial score (nSPS) is 21.2. The topological polar surface area (TPSA) is 75.6 Å². The Morgan fingerprint density at radius 1 is 1.00 bits per heavy atom. The fourth-order valence-electron chi connectivity index (χ4n) is 3.47. The second-order valence-electron chi connectivity index (χ2n) is 6.73. The lowest BCUT2D eigenvalue weighted by Gasteiger charge is -2.32. The summed E-state index contributed by atoms with van der Waals surface area (Å²) in [5.41, 5.74) is 10.1. The number of hydrogen-bond donors (Lipinski definition) is 2. The number of nitrogens with two attached hydrogens (primary N) is 2. The lowest BCUT2D eigenvalue weighted by Crippen LogP contribution is -2.37. The highest BCUT2D eigenvalue weighted by molar-refractivity contribution is 5.70. The van der Waals surface area contributed by atoms with Crippen molar-refractivity contribution in [2.45, 2.75) is 51.9 Å². The van der Waals surface area contributed by atoms with Gasteiger partial charge in [0.15, 0.2) is 0 Å². The van der Waals surface area contributed by atoms with Gasteiger partial charge in [-0.15, -0.1) is 0 Å². The predicted octanol–water partition coefficient (Wildman–Crippen LogP) is 1.41. The molecule has 0 aliphatic carbocycles. The van der Waals surface area contributed by atoms with Crippen LogP contribution in [0.4, 0.5) is 0 Å². The van der Waals surface area contributed by atoms with Gasteiger partial charge in [0.1, 0.15) is 0 Å². The first-order chi connectivity index (χ1) is 10.6. The van der Waals surface area contributed by atoms with Crippen molar-refractivity contribution in [1.29, 1.82) is 0 Å². The molecule has 2 aliphatic heterocycles. The standard InChI is InChI=1S/C15H31N3.C2H5NO/c16-8-14-18-12-6-15(7-13-18)5-4-11-17-9-2-1-3-10-17;1-2(3)4/h15H,1-14,16H2;1H3,(H2,3,4). The van der Waals surface area contributed by atoms with Crippen molar-refractivity contribution in [1.82, 2.24) is 9.80 Å². The number of hydrogen-bond acceptors (Lipinski definition) is 4. The van der Waals surface area contributed by atoms with Gasteiger partial charge in [-0.05, 0) is 77.2 Å². The van der Waals surface area contributed by atoms with E-state index in [0.29, 0.717) is 0 Å². The number of primary amides is 1. The van der Waals surface area contributed by atoms with Gasteiger partial charge in [0.2, 0.25) is 5.91 Å². The smallest absolute Gasteiger partial charge is 0.214 e. The van der Waals surface area contributed by atoms with Crippen molar-refractivity contribution < 1.29 is 4.79 Å². The van der Waals surface area contributed by atoms with Crippen molar-refractivity contribution in [3.63, 3.8) is 0 Å². The minimum Gasteiger partial charge on any atom is -0.370 e. The summed E-state index contributed by atoms with van der Waals surface area (Å²) in [6.45, 7) is 9.85. The van der Waals surface area contributed by atoms with E-state index in [1.807, 2.05) is 0 Å². The third-order valence-electron chi connectivity index (χ3n) is 4.69. The van der Waals surface area contributed by atoms with Crippen LogP contribution in [0, 0.1) is 5.92 Å². The molecule has 2 fully saturated rings. The third-order valence-corrected chi connectivity index (χ3v) is 4.69. The highest BCUT2D eigenvalue weighted by Crippen LogP contribution is 2.22. The first kappa shape index (κ1) is 19.4. The van der Waals surface area contributed by atoms with Crippen molar-refractivity contribution in [2.75, 3.05) is 45.8 Å². The molecule has 0 aromatic heterocycles. The number of carbonyl (C=O) groups is 1. The number of amides is 1. The summed E-state index contributed by atoms with van der Waals surface area (Å²) in [5.74, 6) is 0.656. The Labute approximate surface area is 136 Å². The first-order valence-corrected chi connectivity index (χ1v) is 9.02. The molecular weight excluding hydrogens is 276 g/mol. The van der Waals surface area contributed by atoms with Gasteiger partial charge in [-0.3, -0.25) is 4.79 Å². The Morgan fingerprint density at radius 2 is 1.55 bits per heavy atom. The maximum atomic E-state index is 9.22. The summed E-state index contributed by atoms with van der Waals surface area (Å²) in [4.78, 5) is 14.4. The van der Waals surface area contributed by atoms with Crippen LogP contribution in [0.3, 0.4) is 0 Å². The van der Waals surface area contributed by atoms with Gasteiger partial charge in [0, 0.05) is 20.0 Å². The highest BCUT2D eigenvalue weighted by Gasteiger charge is 2.18. The molecule has 4 N–H and O–H groups in total. The van der Waals surface area contributed by atoms with Crippen LogP contribution in [0.1, 0.15) is 51.9 Å². The quantitative estimate of drug-likeness (QED) is 0.777. The van der Waals surface area contributed by atoms with Crippen LogP contribution in [0.15, 0.2) is 0 Å². The van der Waals surface area contributed by atoms with Crippen molar-refractivity contribution >= 4 is 5.91 Å². The summed E-state index contributed by atoms with van der Waals surface area (Å²) < 4.78 is 0. The van der Waals surface area contributed by atoms with E-state index in [9.17, 15) is 4.79 Å². The van der Waals surface area contributed by atoms with Crippen LogP contribution < -0.4 is 11.5 Å². The molecule has 5 heteroatoms. The largest absolute Gasteiger partial charge is 0.370 e. The Morgan fingerprint density at radius 3 is 2.09 bits per heavy atom. The van der Waals surface area contributed by atoms with E-state index in [2.05, 4.69) is 15.5 Å². The van der Waals surface area contributed by atoms with E-state index in [4.69, 9.17) is 5.73 Å². The molecule has 0 bridgehead atoms. The van der Waals surface area contributed by atoms with E-state index in [1.165, 1.54) is 84.6 Å². The molecule has 2 aliphatic rings. The predicted molar refractivity (Wildman–Crippen MR) is 92.6 cm³/mol. The fourth-order valence-corrected chi connectivity index (χ4v) is 3.47. The molecular formula is C17H36N4O. The molecule has 22 heavy (non-hydrogen) atoms. The minimum atomic E-state index is -0.333. The summed E-state index contributed by atoms with van der Waals surface area (Å²) in [7, 11) is 0. The van der Waals surface area contributed by atoms with E-state index in [-0.39, 0.29) is 5.91 Å². The van der Waals surface area contributed by atoms with Crippen LogP contribution >= 0.6 is 0 Å². The minimum absolute atomic E-state index is 0.333. The number of likely N-dealkylation sites (tertiary alicyclic amines) is 2. The molecule has 0 unspecified atom stereocenters. The highest BCUT2D eigenvalue weighted by atomic mass is 16.1. The summed E-state index contributed by atoms with van der Waals surface area (Å²) in [6, 6.07) is 0. The van der Waals surface area contributed by atoms with Crippen molar-refractivity contribution in [3.8, 4) is 0 Å². The lowest BCUT2D eigenvalue weighted by atomic mass is 9.92. The van der Waals surface area contributed by atoms with Gasteiger partial charge in [0.25, 0.3) is 0 Å². The van der Waals surface area contributed by atoms with E-state index in [1.54, 1.807) is 0 Å². The Hall–Kier alpha value is -0.650. The van der Waals surface area contributed by atoms with Crippen LogP contribution in [0.2, 0.25) is 0 Å². The molecule has 5 nitrogen and oxygen atoms in total. The van der Waals surface area contributed by atoms with Gasteiger partial charge in [-0.1, -0.05) is 6.42 Å². The number of nitrogens with zero attached hydrogens (tertiary/aromatic N) is 2. The van der Waals surface area contributed by atoms with Gasteiger partial charge >= 0.3 is 0 Å². The van der Waals surface area contributed by atoms with Crippen LogP contribution in [-0.4, -0.2) is 61.5 Å². The molecule has 2 rings (SSSR count). The Bertz CT molecular complexity index is 280. The van der Waals surface area contributed by atoms with Crippen LogP contribution in [0.5, 0.6) is 0 Å². The zero-order valence-corrected chi connectivity index (χ0v) is 14.4. The van der Waals surface area contributed by atoms with Crippen LogP contribution in [0.25, 0.3) is 0 Å². The maximum Gasteiger partial charge on any atom is 0.214 e. The number of piperidine rings is 2. The second kappa shape index (κ2) is 11.9. The van der Waals surface area contributed by atoms with Crippen molar-refractivity contribution in [3.05, 3.63) is 0 Å². The summed E-state index contributed by atoms with van der Waals surface area (Å²) in [6.07, 6.45) is 9.99. The maximum absolute atomic E-state index is 9.22. The number of carbonyl (C=O) groups excluding carboxylic acids is 1. The Balaban J connectivity index is 0.000000541. The van der Waals surface area contributed by atoms with E-state index >= 15 is 0 Å². The average molecular weight is 313 g/mol. The monoisotopic (exact) mass is 312 g/mol. The second-order valence-corrected chi connectivity index (χ2v) is 6.73. The molecule has 2 saturated heterocycles. The van der Waals surface area contributed by atoms with Crippen LogP contribution in [-0.2, 0) is 4.79 Å². The fraction of sp³-hybridized carbons (Fsp3) is 0.941. The van der Waals surface area contributed by atoms with E-state index < -0.39 is 0 Å². The molecule has 0 aromatic rings. The van der Waals surface area contributed by atoms with E-state index in [0.717, 1.165) is 19.0 Å². The molecule has 0 spiro atoms. The first-order valence-electron chi connectivity index (χ1n) is 9.02. The molecule has 130 valence electrons. The molecule has 0 aromatic carbocycles. The van der Waals surface area contributed by atoms with Gasteiger partial charge in [-0.25, -0.2) is 0 Å². The molecule has 0 radical (unpaired) electrons. The van der Waals surface area contributed by atoms with Gasteiger partial charge < -0.3 is 21.3 Å². The SMILES string of the molecule is CC(N)=O.NCCN1CCC(CCCN2CCCCC2)CC1. The third kappa shape index (κ3) is 9.38. The molecule has 0 atom stereocenters. The number of rotatable bonds is 6. The zero-order valence-electron chi connectivity index (χ0n) is 14.4.